The molecule has 0 unspecified atom stereocenters. The van der Waals surface area contributed by atoms with Crippen molar-refractivity contribution in [1.82, 2.24) is 0 Å². The molecule has 0 aromatic heterocycles. The van der Waals surface area contributed by atoms with E-state index < -0.39 is 32.7 Å². The molecular formula is C44H50O5Si. The van der Waals surface area contributed by atoms with E-state index in [1.807, 2.05) is 103 Å². The number of benzene rings is 5. The van der Waals surface area contributed by atoms with Crippen molar-refractivity contribution in [3.8, 4) is 0 Å². The van der Waals surface area contributed by atoms with Crippen LogP contribution in [0.25, 0.3) is 0 Å². The average Bonchev–Trinajstić information content (AvgIpc) is 3.16. The summed E-state index contributed by atoms with van der Waals surface area (Å²) in [4.78, 5) is 0. The van der Waals surface area contributed by atoms with Gasteiger partial charge in [-0.25, -0.2) is 0 Å². The quantitative estimate of drug-likeness (QED) is 0.0752. The number of aliphatic hydroxyl groups excluding tert-OH is 1. The molecule has 50 heavy (non-hydrogen) atoms. The topological polar surface area (TPSA) is 57.2 Å². The van der Waals surface area contributed by atoms with Gasteiger partial charge in [-0.05, 0) is 32.1 Å². The van der Waals surface area contributed by atoms with Gasteiger partial charge in [-0.3, -0.25) is 0 Å². The van der Waals surface area contributed by atoms with Crippen LogP contribution >= 0.6 is 0 Å². The highest BCUT2D eigenvalue weighted by Gasteiger charge is 2.51. The van der Waals surface area contributed by atoms with Crippen molar-refractivity contribution in [2.45, 2.75) is 70.0 Å². The molecule has 0 bridgehead atoms. The van der Waals surface area contributed by atoms with Gasteiger partial charge in [0.1, 0.15) is 24.4 Å². The van der Waals surface area contributed by atoms with Crippen LogP contribution in [-0.4, -0.2) is 44.4 Å². The molecule has 5 aromatic carbocycles. The summed E-state index contributed by atoms with van der Waals surface area (Å²) in [7, 11) is -2.95. The van der Waals surface area contributed by atoms with Gasteiger partial charge in [-0.2, -0.15) is 0 Å². The predicted octanol–water partition coefficient (Wildman–Crippen LogP) is 7.87. The zero-order valence-corrected chi connectivity index (χ0v) is 30.4. The zero-order chi connectivity index (χ0) is 35.2. The van der Waals surface area contributed by atoms with Crippen molar-refractivity contribution >= 4 is 18.7 Å². The standard InChI is InChI=1S/C44H50O5Si/c1-5-40(45)42(47-32-36-23-13-7-14-24-36)43(48-33-37-25-15-8-16-26-37)41(46-31-35-21-11-6-12-22-35)34-49-50(44(2,3)4,38-27-17-9-18-28-38)39-29-19-10-20-30-39/h5-30,40-43,45H,1,31-34H2,2-4H3/t40-,41-,42+,43+/m1/s1. The normalized spacial score (nSPS) is 14.4. The maximum absolute atomic E-state index is 11.5. The molecule has 6 heteroatoms. The molecule has 5 nitrogen and oxygen atoms in total. The molecule has 0 radical (unpaired) electrons. The first-order chi connectivity index (χ1) is 24.3. The van der Waals surface area contributed by atoms with Crippen LogP contribution in [-0.2, 0) is 38.5 Å². The Bertz CT molecular complexity index is 1640. The van der Waals surface area contributed by atoms with Crippen LogP contribution in [0.1, 0.15) is 37.5 Å². The molecular weight excluding hydrogens is 637 g/mol. The minimum absolute atomic E-state index is 0.203. The van der Waals surface area contributed by atoms with E-state index in [4.69, 9.17) is 18.6 Å². The Labute approximate surface area is 299 Å². The van der Waals surface area contributed by atoms with E-state index in [-0.39, 0.29) is 18.3 Å². The van der Waals surface area contributed by atoms with E-state index in [0.717, 1.165) is 16.7 Å². The zero-order valence-electron chi connectivity index (χ0n) is 29.4. The van der Waals surface area contributed by atoms with E-state index in [0.29, 0.717) is 13.2 Å². The summed E-state index contributed by atoms with van der Waals surface area (Å²) in [5.74, 6) is 0. The fraction of sp³-hybridized carbons (Fsp3) is 0.273. The molecule has 260 valence electrons. The molecule has 0 saturated carbocycles. The second-order valence-corrected chi connectivity index (χ2v) is 17.9. The second kappa shape index (κ2) is 18.2. The molecule has 0 fully saturated rings. The molecule has 5 aromatic rings. The first-order valence-corrected chi connectivity index (χ1v) is 19.2. The van der Waals surface area contributed by atoms with Gasteiger partial charge in [0.25, 0.3) is 8.32 Å². The number of aliphatic hydroxyl groups is 1. The van der Waals surface area contributed by atoms with Crippen molar-refractivity contribution in [2.75, 3.05) is 6.61 Å². The summed E-state index contributed by atoms with van der Waals surface area (Å²) in [6.45, 7) is 11.8. The fourth-order valence-electron chi connectivity index (χ4n) is 6.45. The summed E-state index contributed by atoms with van der Waals surface area (Å²) >= 11 is 0. The number of ether oxygens (including phenoxy) is 3. The fourth-order valence-corrected chi connectivity index (χ4v) is 11.0. The third kappa shape index (κ3) is 9.55. The third-order valence-electron chi connectivity index (χ3n) is 9.03. The van der Waals surface area contributed by atoms with Crippen LogP contribution in [0, 0.1) is 0 Å². The lowest BCUT2D eigenvalue weighted by Gasteiger charge is -2.44. The maximum Gasteiger partial charge on any atom is 0.261 e. The van der Waals surface area contributed by atoms with Crippen molar-refractivity contribution in [1.29, 1.82) is 0 Å². The van der Waals surface area contributed by atoms with Gasteiger partial charge in [0.15, 0.2) is 0 Å². The first kappa shape index (κ1) is 37.1. The highest BCUT2D eigenvalue weighted by atomic mass is 28.4. The lowest BCUT2D eigenvalue weighted by Crippen LogP contribution is -2.67. The summed E-state index contributed by atoms with van der Waals surface area (Å²) in [6.07, 6.45) is -1.69. The largest absolute Gasteiger partial charge is 0.405 e. The molecule has 1 N–H and O–H groups in total. The SMILES string of the molecule is C=C[C@@H](O)[C@H](OCc1ccccc1)[C@@H](OCc1ccccc1)[C@@H](CO[Si](c1ccccc1)(c1ccccc1)C(C)(C)C)OCc1ccccc1. The summed E-state index contributed by atoms with van der Waals surface area (Å²) < 4.78 is 27.6. The molecule has 5 rings (SSSR count). The monoisotopic (exact) mass is 686 g/mol. The van der Waals surface area contributed by atoms with Gasteiger partial charge in [0.05, 0.1) is 26.4 Å². The number of rotatable bonds is 18. The molecule has 0 heterocycles. The van der Waals surface area contributed by atoms with Gasteiger partial charge in [-0.15, -0.1) is 6.58 Å². The van der Waals surface area contributed by atoms with Gasteiger partial charge >= 0.3 is 0 Å². The van der Waals surface area contributed by atoms with Gasteiger partial charge < -0.3 is 23.7 Å². The molecule has 0 saturated heterocycles. The van der Waals surface area contributed by atoms with Gasteiger partial charge in [-0.1, -0.05) is 179 Å². The van der Waals surface area contributed by atoms with Gasteiger partial charge in [0.2, 0.25) is 0 Å². The van der Waals surface area contributed by atoms with E-state index in [1.165, 1.54) is 16.4 Å². The van der Waals surface area contributed by atoms with Crippen molar-refractivity contribution < 1.29 is 23.7 Å². The smallest absolute Gasteiger partial charge is 0.261 e. The molecule has 0 aliphatic heterocycles. The Balaban J connectivity index is 1.57. The summed E-state index contributed by atoms with van der Waals surface area (Å²) in [5.41, 5.74) is 3.01. The molecule has 0 amide bonds. The lowest BCUT2D eigenvalue weighted by atomic mass is 10.0. The Hall–Kier alpha value is -4.14. The lowest BCUT2D eigenvalue weighted by molar-refractivity contribution is -0.178. The Kier molecular flexibility index (Phi) is 13.5. The Morgan fingerprint density at radius 1 is 0.560 bits per heavy atom. The highest BCUT2D eigenvalue weighted by Crippen LogP contribution is 2.37. The average molecular weight is 687 g/mol. The maximum atomic E-state index is 11.5. The summed E-state index contributed by atoms with van der Waals surface area (Å²) in [6, 6.07) is 51.2. The molecule has 0 aliphatic carbocycles. The summed E-state index contributed by atoms with van der Waals surface area (Å²) in [5, 5.41) is 13.6. The Morgan fingerprint density at radius 3 is 1.30 bits per heavy atom. The van der Waals surface area contributed by atoms with Crippen molar-refractivity contribution in [2.24, 2.45) is 0 Å². The number of hydrogen-bond acceptors (Lipinski definition) is 5. The molecule has 0 aliphatic rings. The van der Waals surface area contributed by atoms with Crippen LogP contribution in [0.15, 0.2) is 164 Å². The van der Waals surface area contributed by atoms with E-state index >= 15 is 0 Å². The van der Waals surface area contributed by atoms with Crippen LogP contribution < -0.4 is 10.4 Å². The van der Waals surface area contributed by atoms with Crippen molar-refractivity contribution in [3.05, 3.63) is 181 Å². The highest BCUT2D eigenvalue weighted by molar-refractivity contribution is 6.99. The molecule has 0 spiro atoms. The van der Waals surface area contributed by atoms with E-state index in [1.54, 1.807) is 0 Å². The minimum atomic E-state index is -2.95. The van der Waals surface area contributed by atoms with E-state index in [2.05, 4.69) is 75.9 Å². The van der Waals surface area contributed by atoms with Crippen LogP contribution in [0.4, 0.5) is 0 Å². The van der Waals surface area contributed by atoms with E-state index in [9.17, 15) is 5.11 Å². The minimum Gasteiger partial charge on any atom is -0.405 e. The predicted molar refractivity (Wildman–Crippen MR) is 205 cm³/mol. The Morgan fingerprint density at radius 2 is 0.920 bits per heavy atom. The third-order valence-corrected chi connectivity index (χ3v) is 14.0. The van der Waals surface area contributed by atoms with Gasteiger partial charge in [0, 0.05) is 0 Å². The second-order valence-electron chi connectivity index (χ2n) is 13.6. The van der Waals surface area contributed by atoms with Crippen LogP contribution in [0.2, 0.25) is 5.04 Å². The van der Waals surface area contributed by atoms with Crippen molar-refractivity contribution in [3.63, 3.8) is 0 Å². The van der Waals surface area contributed by atoms with Crippen LogP contribution in [0.3, 0.4) is 0 Å². The first-order valence-electron chi connectivity index (χ1n) is 17.3. The molecule has 4 atom stereocenters. The van der Waals surface area contributed by atoms with Crippen LogP contribution in [0.5, 0.6) is 0 Å². The number of hydrogen-bond donors (Lipinski definition) is 1.